The maximum absolute atomic E-state index is 10.8. The SMILES string of the molecule is O[C@@H]1/C=C\C=C\CCCCCC[C@@H]2CN3CC/C=C\CCCCCC[C@@H]4C[C@@H](CN(C4)C1)[C@H]2CC3. The first kappa shape index (κ1) is 27.1. The molecule has 5 aliphatic heterocycles. The molecule has 5 aliphatic rings. The Morgan fingerprint density at radius 2 is 1.31 bits per heavy atom. The molecular formula is C32H54N2O. The molecule has 0 aromatic carbocycles. The lowest BCUT2D eigenvalue weighted by atomic mass is 9.69. The van der Waals surface area contributed by atoms with Crippen molar-refractivity contribution >= 4 is 0 Å². The van der Waals surface area contributed by atoms with Gasteiger partial charge in [0.15, 0.2) is 0 Å². The molecule has 2 fully saturated rings. The minimum Gasteiger partial charge on any atom is -0.388 e. The van der Waals surface area contributed by atoms with Crippen LogP contribution in [-0.2, 0) is 0 Å². The average molecular weight is 483 g/mol. The molecule has 3 nitrogen and oxygen atoms in total. The van der Waals surface area contributed by atoms with Gasteiger partial charge < -0.3 is 10.0 Å². The van der Waals surface area contributed by atoms with E-state index in [1.54, 1.807) is 0 Å². The molecule has 0 aromatic heterocycles. The van der Waals surface area contributed by atoms with Crippen molar-refractivity contribution < 1.29 is 5.11 Å². The van der Waals surface area contributed by atoms with Crippen LogP contribution in [0.3, 0.4) is 0 Å². The first-order valence-electron chi connectivity index (χ1n) is 15.4. The van der Waals surface area contributed by atoms with Crippen LogP contribution >= 0.6 is 0 Å². The van der Waals surface area contributed by atoms with Gasteiger partial charge in [-0.05, 0) is 88.0 Å². The van der Waals surface area contributed by atoms with Crippen LogP contribution < -0.4 is 0 Å². The summed E-state index contributed by atoms with van der Waals surface area (Å²) in [4.78, 5) is 5.45. The summed E-state index contributed by atoms with van der Waals surface area (Å²) >= 11 is 0. The zero-order chi connectivity index (χ0) is 24.1. The third-order valence-corrected chi connectivity index (χ3v) is 9.36. The van der Waals surface area contributed by atoms with Gasteiger partial charge in [0.2, 0.25) is 0 Å². The topological polar surface area (TPSA) is 26.7 Å². The highest BCUT2D eigenvalue weighted by atomic mass is 16.3. The van der Waals surface area contributed by atoms with Gasteiger partial charge in [0, 0.05) is 32.7 Å². The van der Waals surface area contributed by atoms with Crippen molar-refractivity contribution in [3.8, 4) is 0 Å². The Hall–Kier alpha value is -0.900. The molecule has 2 saturated heterocycles. The molecule has 35 heavy (non-hydrogen) atoms. The predicted molar refractivity (Wildman–Crippen MR) is 150 cm³/mol. The van der Waals surface area contributed by atoms with E-state index in [0.717, 1.165) is 30.2 Å². The number of piperidine rings is 2. The zero-order valence-electron chi connectivity index (χ0n) is 22.5. The quantitative estimate of drug-likeness (QED) is 0.377. The summed E-state index contributed by atoms with van der Waals surface area (Å²) in [6.45, 7) is 7.10. The Morgan fingerprint density at radius 3 is 2.20 bits per heavy atom. The summed E-state index contributed by atoms with van der Waals surface area (Å²) < 4.78 is 0. The minimum absolute atomic E-state index is 0.346. The zero-order valence-corrected chi connectivity index (χ0v) is 22.5. The fraction of sp³-hybridized carbons (Fsp3) is 0.812. The molecule has 198 valence electrons. The third kappa shape index (κ3) is 9.48. The van der Waals surface area contributed by atoms with Crippen LogP contribution in [0, 0.1) is 23.7 Å². The molecule has 0 saturated carbocycles. The van der Waals surface area contributed by atoms with Gasteiger partial charge in [-0.2, -0.15) is 0 Å². The highest BCUT2D eigenvalue weighted by Crippen LogP contribution is 2.40. The first-order chi connectivity index (χ1) is 17.3. The van der Waals surface area contributed by atoms with Gasteiger partial charge in [0.1, 0.15) is 0 Å². The molecule has 0 aliphatic carbocycles. The number of fused-ring (bicyclic) bond motifs is 10. The van der Waals surface area contributed by atoms with Gasteiger partial charge in [-0.15, -0.1) is 0 Å². The fourth-order valence-corrected chi connectivity index (χ4v) is 7.53. The van der Waals surface area contributed by atoms with Crippen molar-refractivity contribution in [2.45, 2.75) is 102 Å². The molecule has 0 radical (unpaired) electrons. The van der Waals surface area contributed by atoms with Gasteiger partial charge in [-0.1, -0.05) is 75.0 Å². The molecule has 2 unspecified atom stereocenters. The Kier molecular flexibility index (Phi) is 11.9. The van der Waals surface area contributed by atoms with Gasteiger partial charge in [0.05, 0.1) is 6.10 Å². The lowest BCUT2D eigenvalue weighted by Crippen LogP contribution is -2.50. The molecule has 5 rings (SSSR count). The van der Waals surface area contributed by atoms with Crippen molar-refractivity contribution in [3.63, 3.8) is 0 Å². The summed E-state index contributed by atoms with van der Waals surface area (Å²) in [7, 11) is 0. The summed E-state index contributed by atoms with van der Waals surface area (Å²) in [6, 6.07) is 0. The Morgan fingerprint density at radius 1 is 0.571 bits per heavy atom. The largest absolute Gasteiger partial charge is 0.388 e. The third-order valence-electron chi connectivity index (χ3n) is 9.36. The molecule has 5 heterocycles. The number of aliphatic hydroxyl groups is 1. The smallest absolute Gasteiger partial charge is 0.0850 e. The standard InChI is InChI=1S/C32H54N2O/c35-31-19-15-11-7-2-1-6-10-14-18-29-25-33-21-16-12-8-4-3-5-9-13-17-28-23-30(32(29)20-22-33)26-34(24-28)27-31/h7-8,11-12,15,19,28-32,35H,1-6,9-10,13-14,16-18,20-27H2/b11-7+,12-8-,19-15-/t28-,29-,30+,31-,32+/m1/s1. The highest BCUT2D eigenvalue weighted by Gasteiger charge is 2.38. The molecule has 6 bridgehead atoms. The van der Waals surface area contributed by atoms with E-state index < -0.39 is 0 Å². The van der Waals surface area contributed by atoms with E-state index in [0.29, 0.717) is 0 Å². The number of aliphatic hydroxyl groups excluding tert-OH is 1. The predicted octanol–water partition coefficient (Wildman–Crippen LogP) is 6.99. The van der Waals surface area contributed by atoms with Crippen LogP contribution in [-0.4, -0.2) is 60.3 Å². The second kappa shape index (κ2) is 15.4. The molecular weight excluding hydrogens is 428 g/mol. The molecule has 0 aromatic rings. The Balaban J connectivity index is 1.51. The normalized spacial score (nSPS) is 41.6. The number of hydrogen-bond acceptors (Lipinski definition) is 3. The van der Waals surface area contributed by atoms with E-state index in [-0.39, 0.29) is 6.10 Å². The van der Waals surface area contributed by atoms with E-state index in [4.69, 9.17) is 0 Å². The lowest BCUT2D eigenvalue weighted by Gasteiger charge is -2.47. The average Bonchev–Trinajstić information content (AvgIpc) is 2.85. The van der Waals surface area contributed by atoms with Crippen LogP contribution in [0.15, 0.2) is 36.5 Å². The monoisotopic (exact) mass is 482 g/mol. The summed E-state index contributed by atoms with van der Waals surface area (Å²) in [5.74, 6) is 3.40. The van der Waals surface area contributed by atoms with Gasteiger partial charge in [-0.25, -0.2) is 0 Å². The number of nitrogens with zero attached hydrogens (tertiary/aromatic N) is 2. The van der Waals surface area contributed by atoms with E-state index in [9.17, 15) is 5.11 Å². The first-order valence-corrected chi connectivity index (χ1v) is 15.4. The molecule has 0 spiro atoms. The second-order valence-corrected chi connectivity index (χ2v) is 12.2. The highest BCUT2D eigenvalue weighted by molar-refractivity contribution is 5.05. The van der Waals surface area contributed by atoms with Crippen molar-refractivity contribution in [2.75, 3.05) is 39.3 Å². The van der Waals surface area contributed by atoms with Gasteiger partial charge in [-0.3, -0.25) is 4.90 Å². The summed E-state index contributed by atoms with van der Waals surface area (Å²) in [5.41, 5.74) is 0. The van der Waals surface area contributed by atoms with E-state index in [2.05, 4.69) is 40.2 Å². The maximum atomic E-state index is 10.8. The molecule has 0 amide bonds. The fourth-order valence-electron chi connectivity index (χ4n) is 7.53. The minimum atomic E-state index is -0.346. The number of allylic oxidation sites excluding steroid dienone is 4. The van der Waals surface area contributed by atoms with Crippen LogP contribution in [0.4, 0.5) is 0 Å². The van der Waals surface area contributed by atoms with Crippen molar-refractivity contribution in [3.05, 3.63) is 36.5 Å². The van der Waals surface area contributed by atoms with Crippen LogP contribution in [0.25, 0.3) is 0 Å². The number of rotatable bonds is 0. The summed E-state index contributed by atoms with van der Waals surface area (Å²) in [5, 5.41) is 10.8. The lowest BCUT2D eigenvalue weighted by molar-refractivity contribution is 0.00963. The second-order valence-electron chi connectivity index (χ2n) is 12.2. The van der Waals surface area contributed by atoms with E-state index >= 15 is 0 Å². The van der Waals surface area contributed by atoms with Gasteiger partial charge in [0.25, 0.3) is 0 Å². The maximum Gasteiger partial charge on any atom is 0.0850 e. The van der Waals surface area contributed by atoms with Crippen molar-refractivity contribution in [1.82, 2.24) is 9.80 Å². The Labute approximate surface area is 216 Å². The van der Waals surface area contributed by atoms with Gasteiger partial charge >= 0.3 is 0 Å². The van der Waals surface area contributed by atoms with E-state index in [1.807, 2.05) is 6.08 Å². The van der Waals surface area contributed by atoms with Crippen molar-refractivity contribution in [1.29, 1.82) is 0 Å². The molecule has 3 heteroatoms. The van der Waals surface area contributed by atoms with Crippen LogP contribution in [0.1, 0.15) is 96.3 Å². The summed E-state index contributed by atoms with van der Waals surface area (Å²) in [6.07, 6.45) is 33.4. The number of hydrogen-bond donors (Lipinski definition) is 1. The van der Waals surface area contributed by atoms with Crippen molar-refractivity contribution in [2.24, 2.45) is 23.7 Å². The molecule has 1 N–H and O–H groups in total. The van der Waals surface area contributed by atoms with Crippen LogP contribution in [0.5, 0.6) is 0 Å². The molecule has 7 atom stereocenters. The van der Waals surface area contributed by atoms with Crippen LogP contribution in [0.2, 0.25) is 0 Å². The Bertz CT molecular complexity index is 670. The van der Waals surface area contributed by atoms with E-state index in [1.165, 1.54) is 129 Å².